The van der Waals surface area contributed by atoms with Gasteiger partial charge in [-0.15, -0.1) is 0 Å². The molecule has 510 valence electrons. The number of halogens is 2. The van der Waals surface area contributed by atoms with Gasteiger partial charge in [-0.25, -0.2) is 29.3 Å². The van der Waals surface area contributed by atoms with Gasteiger partial charge < -0.3 is 40.0 Å². The largest absolute Gasteiger partial charge is 0.489 e. The third kappa shape index (κ3) is 13.0. The Bertz CT molecular complexity index is 4870. The summed E-state index contributed by atoms with van der Waals surface area (Å²) in [7, 11) is 2.14. The molecule has 0 aliphatic carbocycles. The van der Waals surface area contributed by atoms with Gasteiger partial charge in [0.25, 0.3) is 0 Å². The van der Waals surface area contributed by atoms with Crippen LogP contribution in [0.1, 0.15) is 50.1 Å². The van der Waals surface area contributed by atoms with Crippen molar-refractivity contribution in [2.45, 2.75) is 52.9 Å². The Balaban J connectivity index is 0.686. The number of carbonyl (C=O) groups is 3. The second kappa shape index (κ2) is 27.5. The lowest BCUT2D eigenvalue weighted by atomic mass is 9.97. The van der Waals surface area contributed by atoms with Crippen LogP contribution in [0, 0.1) is 13.8 Å². The van der Waals surface area contributed by atoms with Gasteiger partial charge in [0.05, 0.1) is 65.6 Å². The van der Waals surface area contributed by atoms with E-state index in [1.807, 2.05) is 146 Å². The van der Waals surface area contributed by atoms with Crippen LogP contribution >= 0.6 is 23.2 Å². The predicted octanol–water partition coefficient (Wildman–Crippen LogP) is 14.0. The minimum atomic E-state index is -0.350. The van der Waals surface area contributed by atoms with Gasteiger partial charge in [0.2, 0.25) is 17.8 Å². The lowest BCUT2D eigenvalue weighted by molar-refractivity contribution is 0.148. The van der Waals surface area contributed by atoms with E-state index in [2.05, 4.69) is 38.9 Å². The highest BCUT2D eigenvalue weighted by molar-refractivity contribution is 6.35. The monoisotopic (exact) mass is 1390 g/mol. The molecule has 3 N–H and O–H groups in total. The third-order valence-corrected chi connectivity index (χ3v) is 19.8. The third-order valence-electron chi connectivity index (χ3n) is 19.2. The molecule has 7 aliphatic rings. The van der Waals surface area contributed by atoms with Gasteiger partial charge in [0, 0.05) is 110 Å². The van der Waals surface area contributed by atoms with Gasteiger partial charge in [-0.05, 0) is 127 Å². The van der Waals surface area contributed by atoms with Crippen molar-refractivity contribution in [2.24, 2.45) is 0 Å². The standard InChI is InChI=1S/C76H71Cl2N17O6/c1-47-12-8-14-51(65(47)93-42-54-39-81-73-84-59-22-23-63(89-30-28-88(3)29-31-89)64(38-59)100-33-7-5-26-90(74(93)96)68(54)86-73)34-49-24-27-92-70-56(41-79-71(87-70)82-57-16-11-17-60(37-57)101-45-49)44-95(76(92)98)67-52(15-10-19-62(67)78)35-50-20-21-58-36-53(50)46-99-32-6-4-25-91-69-55(40-80-72(83-58)85-69)43-94(75(91)97)66-48(2)13-9-18-61(66)77/h4-24,36-41H,25-35,42-46H2,1-3H3,(H,79,82,87)(H,80,83,85)(H,81,84,86)/b6-4-,7-5+,49-24-. The van der Waals surface area contributed by atoms with E-state index in [-0.39, 0.29) is 77.2 Å². The zero-order valence-electron chi connectivity index (χ0n) is 55.9. The molecular formula is C76H71Cl2N17O6. The van der Waals surface area contributed by atoms with Gasteiger partial charge in [-0.1, -0.05) is 102 Å². The van der Waals surface area contributed by atoms with Crippen molar-refractivity contribution < 1.29 is 28.6 Å². The van der Waals surface area contributed by atoms with E-state index < -0.39 is 0 Å². The number of piperazine rings is 1. The number of rotatable bonds is 8. The van der Waals surface area contributed by atoms with E-state index in [1.54, 1.807) is 55.2 Å². The second-order valence-electron chi connectivity index (χ2n) is 25.9. The highest BCUT2D eigenvalue weighted by Crippen LogP contribution is 2.43. The van der Waals surface area contributed by atoms with Crippen LogP contribution < -0.4 is 59.7 Å². The Morgan fingerprint density at radius 2 is 1.01 bits per heavy atom. The van der Waals surface area contributed by atoms with E-state index in [4.69, 9.17) is 67.3 Å². The molecule has 0 atom stereocenters. The van der Waals surface area contributed by atoms with E-state index in [0.29, 0.717) is 98.9 Å². The average Bonchev–Trinajstić information content (AvgIpc) is 1.14. The summed E-state index contributed by atoms with van der Waals surface area (Å²) in [6.45, 7) is 9.71. The average molecular weight is 1390 g/mol. The smallest absolute Gasteiger partial charge is 0.330 e. The molecule has 0 radical (unpaired) electrons. The Kier molecular flexibility index (Phi) is 17.6. The second-order valence-corrected chi connectivity index (χ2v) is 26.7. The molecule has 7 aliphatic heterocycles. The normalized spacial score (nSPS) is 18.0. The predicted molar refractivity (Wildman–Crippen MR) is 394 cm³/mol. The molecule has 3 aromatic heterocycles. The van der Waals surface area contributed by atoms with Crippen LogP contribution in [-0.4, -0.2) is 126 Å². The molecule has 1 saturated heterocycles. The van der Waals surface area contributed by atoms with E-state index in [1.165, 1.54) is 0 Å². The number of hydrogen-bond donors (Lipinski definition) is 3. The number of urea groups is 3. The molecule has 0 spiro atoms. The van der Waals surface area contributed by atoms with E-state index in [0.717, 1.165) is 99.1 Å². The Morgan fingerprint density at radius 3 is 1.66 bits per heavy atom. The molecule has 6 aromatic carbocycles. The maximum absolute atomic E-state index is 15.8. The minimum absolute atomic E-state index is 0.0814. The van der Waals surface area contributed by atoms with Gasteiger partial charge >= 0.3 is 18.1 Å². The van der Waals surface area contributed by atoms with E-state index >= 15 is 9.59 Å². The number of ether oxygens (including phenoxy) is 3. The molecule has 6 amide bonds. The quantitative estimate of drug-likeness (QED) is 0.120. The van der Waals surface area contributed by atoms with Crippen molar-refractivity contribution in [3.8, 4) is 11.5 Å². The molecule has 1 fully saturated rings. The molecule has 0 saturated carbocycles. The molecule has 9 aromatic rings. The number of anilines is 13. The number of aryl methyl sites for hydroxylation is 2. The topological polar surface area (TPSA) is 218 Å². The number of amides is 6. The van der Waals surface area contributed by atoms with Crippen LogP contribution in [0.3, 0.4) is 0 Å². The van der Waals surface area contributed by atoms with Crippen LogP contribution in [-0.2, 0) is 43.8 Å². The lowest BCUT2D eigenvalue weighted by Crippen LogP contribution is -2.48. The summed E-state index contributed by atoms with van der Waals surface area (Å²) in [5, 5.41) is 11.0. The Labute approximate surface area is 593 Å². The molecule has 12 bridgehead atoms. The molecule has 23 nitrogen and oxygen atoms in total. The maximum atomic E-state index is 15.8. The number of nitrogens with one attached hydrogen (secondary N) is 3. The number of fused-ring (bicyclic) bond motifs is 9. The summed E-state index contributed by atoms with van der Waals surface area (Å²) in [5.41, 5.74) is 13.5. The van der Waals surface area contributed by atoms with Crippen molar-refractivity contribution in [3.63, 3.8) is 0 Å². The molecule has 0 unspecified atom stereocenters. The van der Waals surface area contributed by atoms with Gasteiger partial charge in [-0.3, -0.25) is 29.4 Å². The van der Waals surface area contributed by atoms with Crippen LogP contribution in [0.5, 0.6) is 11.5 Å². The van der Waals surface area contributed by atoms with Gasteiger partial charge in [0.1, 0.15) is 42.2 Å². The van der Waals surface area contributed by atoms with Crippen molar-refractivity contribution in [2.75, 3.05) is 123 Å². The zero-order valence-corrected chi connectivity index (χ0v) is 57.4. The SMILES string of the molecule is Cc1cccc(Cl)c1N1Cc2cnc3nc2N(C/C=C\COCc2cc(ccc2Cc2cccc(Cl)c2N2Cc4cnc5nc4N(C/C=C(/Cc4cccc(C)c4N4Cc6cnc7nc6N(C/C=C/COc6cc(ccc6N6CCN(C)CC6)N7)C4=O)COc4cccc(c4)N5)C2=O)N3)C1=O. The fourth-order valence-corrected chi connectivity index (χ4v) is 14.7. The Morgan fingerprint density at radius 1 is 0.475 bits per heavy atom. The first kappa shape index (κ1) is 64.6. The fraction of sp³-hybridized carbons (Fsp3) is 0.250. The first-order chi connectivity index (χ1) is 49.3. The van der Waals surface area contributed by atoms with E-state index in [9.17, 15) is 4.79 Å². The number of benzene rings is 6. The molecule has 101 heavy (non-hydrogen) atoms. The van der Waals surface area contributed by atoms with Gasteiger partial charge in [-0.2, -0.15) is 15.0 Å². The lowest BCUT2D eigenvalue weighted by Gasteiger charge is -2.37. The number of nitrogens with zero attached hydrogens (tertiary/aromatic N) is 14. The van der Waals surface area contributed by atoms with Crippen LogP contribution in [0.15, 0.2) is 170 Å². The first-order valence-electron chi connectivity index (χ1n) is 33.7. The highest BCUT2D eigenvalue weighted by atomic mass is 35.5. The summed E-state index contributed by atoms with van der Waals surface area (Å²) in [6.07, 6.45) is 15.7. The molecule has 10 heterocycles. The number of hydrogen-bond acceptors (Lipinski definition) is 17. The molecule has 16 rings (SSSR count). The first-order valence-corrected chi connectivity index (χ1v) is 34.4. The van der Waals surface area contributed by atoms with Crippen LogP contribution in [0.2, 0.25) is 10.0 Å². The van der Waals surface area contributed by atoms with Crippen molar-refractivity contribution in [3.05, 3.63) is 230 Å². The number of carbonyl (C=O) groups excluding carboxylic acids is 3. The molecular weight excluding hydrogens is 1320 g/mol. The van der Waals surface area contributed by atoms with Crippen molar-refractivity contribution in [1.29, 1.82) is 0 Å². The van der Waals surface area contributed by atoms with Crippen LogP contribution in [0.25, 0.3) is 0 Å². The van der Waals surface area contributed by atoms with Crippen LogP contribution in [0.4, 0.5) is 89.5 Å². The summed E-state index contributed by atoms with van der Waals surface area (Å²) in [5.74, 6) is 3.81. The number of likely N-dealkylation sites (N-methyl/N-ethyl adjacent to an activating group) is 1. The van der Waals surface area contributed by atoms with Crippen molar-refractivity contribution in [1.82, 2.24) is 34.8 Å². The Hall–Kier alpha value is -11.1. The van der Waals surface area contributed by atoms with Gasteiger partial charge in [0.15, 0.2) is 0 Å². The summed E-state index contributed by atoms with van der Waals surface area (Å²) in [6, 6.07) is 36.2. The number of aromatic nitrogens is 6. The summed E-state index contributed by atoms with van der Waals surface area (Å²) < 4.78 is 19.5. The summed E-state index contributed by atoms with van der Waals surface area (Å²) in [4.78, 5) is 89.6. The van der Waals surface area contributed by atoms with Crippen molar-refractivity contribution >= 4 is 116 Å². The molecule has 25 heteroatoms. The summed E-state index contributed by atoms with van der Waals surface area (Å²) >= 11 is 14.1. The fourth-order valence-electron chi connectivity index (χ4n) is 14.0. The zero-order chi connectivity index (χ0) is 68.8. The number of para-hydroxylation sites is 3. The maximum Gasteiger partial charge on any atom is 0.330 e. The minimum Gasteiger partial charge on any atom is -0.489 e. The highest BCUT2D eigenvalue weighted by Gasteiger charge is 2.39.